The van der Waals surface area contributed by atoms with Crippen LogP contribution in [0.15, 0.2) is 17.3 Å². The summed E-state index contributed by atoms with van der Waals surface area (Å²) in [5.74, 6) is -0.882. The van der Waals surface area contributed by atoms with Crippen LogP contribution in [-0.2, 0) is 14.8 Å². The van der Waals surface area contributed by atoms with Crippen LogP contribution in [0.1, 0.15) is 38.5 Å². The summed E-state index contributed by atoms with van der Waals surface area (Å²) in [4.78, 5) is 11.0. The molecule has 7 nitrogen and oxygen atoms in total. The molecule has 0 amide bonds. The zero-order chi connectivity index (χ0) is 14.6. The fraction of sp³-hybridized carbons (Fsp3) is 0.667. The number of nitrogens with one attached hydrogen (secondary N) is 2. The summed E-state index contributed by atoms with van der Waals surface area (Å²) in [5, 5.41) is 15.1. The van der Waals surface area contributed by atoms with Gasteiger partial charge in [-0.2, -0.15) is 5.10 Å². The minimum atomic E-state index is -3.65. The molecule has 0 aliphatic heterocycles. The highest BCUT2D eigenvalue weighted by molar-refractivity contribution is 7.89. The summed E-state index contributed by atoms with van der Waals surface area (Å²) >= 11 is 0. The maximum Gasteiger partial charge on any atom is 0.303 e. The van der Waals surface area contributed by atoms with E-state index in [2.05, 4.69) is 14.9 Å². The van der Waals surface area contributed by atoms with Gasteiger partial charge in [-0.05, 0) is 24.3 Å². The van der Waals surface area contributed by atoms with Gasteiger partial charge in [0.2, 0.25) is 0 Å². The number of hydrogen-bond acceptors (Lipinski definition) is 4. The molecule has 0 unspecified atom stereocenters. The Morgan fingerprint density at radius 1 is 1.40 bits per heavy atom. The van der Waals surface area contributed by atoms with E-state index in [1.54, 1.807) is 0 Å². The van der Waals surface area contributed by atoms with E-state index in [0.717, 1.165) is 32.1 Å². The molecule has 2 rings (SSSR count). The summed E-state index contributed by atoms with van der Waals surface area (Å²) in [7, 11) is -3.65. The minimum Gasteiger partial charge on any atom is -0.481 e. The van der Waals surface area contributed by atoms with Crippen LogP contribution in [0.3, 0.4) is 0 Å². The predicted octanol–water partition coefficient (Wildman–Crippen LogP) is 1.11. The molecule has 1 aromatic heterocycles. The predicted molar refractivity (Wildman–Crippen MR) is 71.5 cm³/mol. The van der Waals surface area contributed by atoms with Gasteiger partial charge in [0, 0.05) is 6.54 Å². The van der Waals surface area contributed by atoms with Gasteiger partial charge in [0.25, 0.3) is 10.0 Å². The molecule has 0 aromatic carbocycles. The van der Waals surface area contributed by atoms with Crippen LogP contribution in [0.4, 0.5) is 0 Å². The Hall–Kier alpha value is -1.41. The van der Waals surface area contributed by atoms with Crippen molar-refractivity contribution < 1.29 is 18.3 Å². The van der Waals surface area contributed by atoms with Crippen LogP contribution in [-0.4, -0.2) is 36.2 Å². The molecule has 1 aliphatic carbocycles. The molecule has 1 fully saturated rings. The lowest BCUT2D eigenvalue weighted by molar-refractivity contribution is -0.140. The number of rotatable bonds is 6. The average molecular weight is 301 g/mol. The number of nitrogens with zero attached hydrogens (tertiary/aromatic N) is 1. The SMILES string of the molecule is O=C(O)CC1(CNS(=O)(=O)c2ccn[nH]2)CCCCC1. The number of H-pyrrole nitrogens is 1. The number of aromatic nitrogens is 2. The maximum atomic E-state index is 12.0. The molecule has 1 saturated carbocycles. The van der Waals surface area contributed by atoms with Gasteiger partial charge in [0.15, 0.2) is 5.03 Å². The van der Waals surface area contributed by atoms with Crippen molar-refractivity contribution in [2.75, 3.05) is 6.54 Å². The average Bonchev–Trinajstić information content (AvgIpc) is 2.92. The van der Waals surface area contributed by atoms with Crippen LogP contribution in [0, 0.1) is 5.41 Å². The Morgan fingerprint density at radius 2 is 2.10 bits per heavy atom. The van der Waals surface area contributed by atoms with Gasteiger partial charge < -0.3 is 5.11 Å². The largest absolute Gasteiger partial charge is 0.481 e. The van der Waals surface area contributed by atoms with E-state index in [-0.39, 0.29) is 18.0 Å². The van der Waals surface area contributed by atoms with Crippen molar-refractivity contribution in [2.45, 2.75) is 43.6 Å². The second-order valence-electron chi connectivity index (χ2n) is 5.38. The third kappa shape index (κ3) is 3.57. The minimum absolute atomic E-state index is 0.00113. The molecule has 20 heavy (non-hydrogen) atoms. The maximum absolute atomic E-state index is 12.0. The van der Waals surface area contributed by atoms with E-state index in [1.165, 1.54) is 12.3 Å². The quantitative estimate of drug-likeness (QED) is 0.728. The molecular formula is C12H19N3O4S. The molecule has 0 radical (unpaired) electrons. The highest BCUT2D eigenvalue weighted by Crippen LogP contribution is 2.39. The Bertz CT molecular complexity index is 547. The van der Waals surface area contributed by atoms with Crippen molar-refractivity contribution in [3.05, 3.63) is 12.3 Å². The van der Waals surface area contributed by atoms with Crippen LogP contribution >= 0.6 is 0 Å². The lowest BCUT2D eigenvalue weighted by Crippen LogP contribution is -2.40. The van der Waals surface area contributed by atoms with E-state index >= 15 is 0 Å². The molecule has 0 bridgehead atoms. The van der Waals surface area contributed by atoms with Gasteiger partial charge in [-0.1, -0.05) is 19.3 Å². The summed E-state index contributed by atoms with van der Waals surface area (Å²) in [6, 6.07) is 1.37. The summed E-state index contributed by atoms with van der Waals surface area (Å²) < 4.78 is 26.6. The molecule has 3 N–H and O–H groups in total. The molecule has 0 spiro atoms. The molecular weight excluding hydrogens is 282 g/mol. The van der Waals surface area contributed by atoms with Crippen LogP contribution in [0.25, 0.3) is 0 Å². The van der Waals surface area contributed by atoms with Gasteiger partial charge >= 0.3 is 5.97 Å². The summed E-state index contributed by atoms with van der Waals surface area (Å²) in [6.45, 7) is 0.153. The first-order valence-electron chi connectivity index (χ1n) is 6.64. The van der Waals surface area contributed by atoms with Crippen molar-refractivity contribution in [1.29, 1.82) is 0 Å². The Labute approximate surface area is 117 Å². The number of aromatic amines is 1. The number of sulfonamides is 1. The third-order valence-electron chi connectivity index (χ3n) is 3.84. The van der Waals surface area contributed by atoms with Crippen LogP contribution in [0.2, 0.25) is 0 Å². The topological polar surface area (TPSA) is 112 Å². The third-order valence-corrected chi connectivity index (χ3v) is 5.17. The first kappa shape index (κ1) is 15.0. The fourth-order valence-electron chi connectivity index (χ4n) is 2.76. The van der Waals surface area contributed by atoms with E-state index in [1.807, 2.05) is 0 Å². The molecule has 8 heteroatoms. The molecule has 1 aliphatic rings. The van der Waals surface area contributed by atoms with Crippen LogP contribution in [0.5, 0.6) is 0 Å². The molecule has 0 atom stereocenters. The van der Waals surface area contributed by atoms with Crippen molar-refractivity contribution in [3.63, 3.8) is 0 Å². The molecule has 0 saturated heterocycles. The fourth-order valence-corrected chi connectivity index (χ4v) is 3.82. The van der Waals surface area contributed by atoms with E-state index in [9.17, 15) is 13.2 Å². The second-order valence-corrected chi connectivity index (χ2v) is 7.11. The Morgan fingerprint density at radius 3 is 2.65 bits per heavy atom. The van der Waals surface area contributed by atoms with Gasteiger partial charge in [-0.15, -0.1) is 0 Å². The van der Waals surface area contributed by atoms with Crippen molar-refractivity contribution >= 4 is 16.0 Å². The Kier molecular flexibility index (Phi) is 4.44. The second kappa shape index (κ2) is 5.92. The highest BCUT2D eigenvalue weighted by Gasteiger charge is 2.35. The lowest BCUT2D eigenvalue weighted by Gasteiger charge is -2.36. The van der Waals surface area contributed by atoms with Crippen molar-refractivity contribution in [1.82, 2.24) is 14.9 Å². The monoisotopic (exact) mass is 301 g/mol. The van der Waals surface area contributed by atoms with E-state index in [4.69, 9.17) is 5.11 Å². The van der Waals surface area contributed by atoms with Crippen molar-refractivity contribution in [3.8, 4) is 0 Å². The zero-order valence-electron chi connectivity index (χ0n) is 11.1. The normalized spacial score (nSPS) is 18.8. The van der Waals surface area contributed by atoms with Gasteiger partial charge in [0.1, 0.15) is 0 Å². The molecule has 1 aromatic rings. The standard InChI is InChI=1S/C12H19N3O4S/c16-11(17)8-12(5-2-1-3-6-12)9-14-20(18,19)10-4-7-13-15-10/h4,7,14H,1-3,5-6,8-9H2,(H,13,15)(H,16,17). The van der Waals surface area contributed by atoms with E-state index in [0.29, 0.717) is 0 Å². The van der Waals surface area contributed by atoms with Gasteiger partial charge in [-0.25, -0.2) is 13.1 Å². The van der Waals surface area contributed by atoms with Gasteiger partial charge in [-0.3, -0.25) is 9.89 Å². The lowest BCUT2D eigenvalue weighted by atomic mass is 9.72. The number of aliphatic carboxylic acids is 1. The van der Waals surface area contributed by atoms with Crippen LogP contribution < -0.4 is 4.72 Å². The number of carboxylic acids is 1. The first-order chi connectivity index (χ1) is 9.44. The molecule has 112 valence electrons. The Balaban J connectivity index is 2.07. The number of hydrogen-bond donors (Lipinski definition) is 3. The smallest absolute Gasteiger partial charge is 0.303 e. The molecule has 1 heterocycles. The highest BCUT2D eigenvalue weighted by atomic mass is 32.2. The summed E-state index contributed by atoms with van der Waals surface area (Å²) in [5.41, 5.74) is -0.475. The number of carbonyl (C=O) groups is 1. The van der Waals surface area contributed by atoms with E-state index < -0.39 is 21.4 Å². The first-order valence-corrected chi connectivity index (χ1v) is 8.13. The van der Waals surface area contributed by atoms with Gasteiger partial charge in [0.05, 0.1) is 12.6 Å². The zero-order valence-corrected chi connectivity index (χ0v) is 11.9. The van der Waals surface area contributed by atoms with Crippen molar-refractivity contribution in [2.24, 2.45) is 5.41 Å². The summed E-state index contributed by atoms with van der Waals surface area (Å²) in [6.07, 6.45) is 5.81. The number of carboxylic acid groups (broad SMARTS) is 1.